The van der Waals surface area contributed by atoms with E-state index in [9.17, 15) is 13.4 Å². The van der Waals surface area contributed by atoms with E-state index >= 15 is 0 Å². The molecule has 6 rings (SSSR count). The Morgan fingerprint density at radius 1 is 1.06 bits per heavy atom. The number of nitrogens with one attached hydrogen (secondary N) is 1. The monoisotopic (exact) mass is 461 g/mol. The number of anilines is 1. The number of hydrogen-bond donors (Lipinski definition) is 1. The molecule has 0 spiro atoms. The van der Waals surface area contributed by atoms with Gasteiger partial charge in [-0.25, -0.2) is 13.4 Å². The molecule has 7 heteroatoms. The second kappa shape index (κ2) is 7.48. The Balaban J connectivity index is 1.27. The summed E-state index contributed by atoms with van der Waals surface area (Å²) in [7, 11) is -3.18. The number of pyridine rings is 1. The van der Waals surface area contributed by atoms with Crippen molar-refractivity contribution in [3.8, 4) is 11.3 Å². The fourth-order valence-corrected chi connectivity index (χ4v) is 6.93. The number of benzene rings is 2. The standard InChI is InChI=1S/C26H24FN3O2S/c27-22-14-18-8-10-30(24(18)15-25(22)33(28,32)21-6-7-21)26(31)20-11-16-4-5-17(12-19(16)13-20)23-3-1-2-9-29-23/h1-5,9,12,14-15,20-21,28H,6-8,10-11,13H2/t20-,33-/m1/s1. The van der Waals surface area contributed by atoms with Crippen molar-refractivity contribution in [3.05, 3.63) is 77.2 Å². The highest BCUT2D eigenvalue weighted by Gasteiger charge is 2.38. The van der Waals surface area contributed by atoms with E-state index in [4.69, 9.17) is 4.78 Å². The summed E-state index contributed by atoms with van der Waals surface area (Å²) in [5, 5.41) is -0.270. The largest absolute Gasteiger partial charge is 0.312 e. The molecule has 2 aromatic carbocycles. The smallest absolute Gasteiger partial charge is 0.230 e. The summed E-state index contributed by atoms with van der Waals surface area (Å²) in [5.41, 5.74) is 5.67. The van der Waals surface area contributed by atoms with Crippen LogP contribution in [0.5, 0.6) is 0 Å². The highest BCUT2D eigenvalue weighted by molar-refractivity contribution is 7.93. The molecule has 1 aliphatic heterocycles. The first-order chi connectivity index (χ1) is 15.9. The molecule has 1 aromatic heterocycles. The first-order valence-corrected chi connectivity index (χ1v) is 13.0. The molecule has 1 fully saturated rings. The van der Waals surface area contributed by atoms with E-state index in [2.05, 4.69) is 23.2 Å². The number of amides is 1. The Kier molecular flexibility index (Phi) is 4.66. The van der Waals surface area contributed by atoms with Crippen molar-refractivity contribution in [1.29, 1.82) is 4.78 Å². The molecular weight excluding hydrogens is 437 g/mol. The SMILES string of the molecule is N=[S@](=O)(c1cc2c(cc1F)CCN2C(=O)[C@@H]1Cc2ccc(-c3ccccn3)cc2C1)C1CC1. The van der Waals surface area contributed by atoms with Crippen LogP contribution in [0.1, 0.15) is 29.5 Å². The highest BCUT2D eigenvalue weighted by atomic mass is 32.2. The van der Waals surface area contributed by atoms with E-state index in [1.54, 1.807) is 11.1 Å². The van der Waals surface area contributed by atoms with Gasteiger partial charge in [-0.3, -0.25) is 9.78 Å². The van der Waals surface area contributed by atoms with Gasteiger partial charge in [0.1, 0.15) is 5.82 Å². The summed E-state index contributed by atoms with van der Waals surface area (Å²) in [6, 6.07) is 15.0. The lowest BCUT2D eigenvalue weighted by Gasteiger charge is -2.22. The lowest BCUT2D eigenvalue weighted by molar-refractivity contribution is -0.122. The van der Waals surface area contributed by atoms with Crippen molar-refractivity contribution in [1.82, 2.24) is 4.98 Å². The van der Waals surface area contributed by atoms with Gasteiger partial charge in [-0.2, -0.15) is 0 Å². The number of rotatable bonds is 4. The summed E-state index contributed by atoms with van der Waals surface area (Å²) in [6.07, 6.45) is 5.07. The Morgan fingerprint density at radius 2 is 1.88 bits per heavy atom. The molecule has 3 aliphatic rings. The van der Waals surface area contributed by atoms with Gasteiger partial charge in [-0.05, 0) is 79.1 Å². The molecule has 33 heavy (non-hydrogen) atoms. The van der Waals surface area contributed by atoms with E-state index in [0.717, 1.165) is 16.8 Å². The topological polar surface area (TPSA) is 74.1 Å². The molecule has 0 bridgehead atoms. The van der Waals surface area contributed by atoms with Gasteiger partial charge < -0.3 is 4.90 Å². The first kappa shape index (κ1) is 20.5. The van der Waals surface area contributed by atoms with Crippen LogP contribution in [0.2, 0.25) is 0 Å². The van der Waals surface area contributed by atoms with E-state index in [1.807, 2.05) is 18.2 Å². The molecule has 168 valence electrons. The number of nitrogens with zero attached hydrogens (tertiary/aromatic N) is 2. The van der Waals surface area contributed by atoms with Crippen molar-refractivity contribution >= 4 is 21.3 Å². The fourth-order valence-electron chi connectivity index (χ4n) is 5.13. The summed E-state index contributed by atoms with van der Waals surface area (Å²) < 4.78 is 35.9. The molecule has 5 nitrogen and oxygen atoms in total. The van der Waals surface area contributed by atoms with Crippen molar-refractivity contribution in [2.24, 2.45) is 5.92 Å². The molecule has 0 saturated heterocycles. The number of hydrogen-bond acceptors (Lipinski definition) is 4. The molecule has 2 heterocycles. The van der Waals surface area contributed by atoms with Crippen molar-refractivity contribution in [2.45, 2.75) is 42.2 Å². The lowest BCUT2D eigenvalue weighted by atomic mass is 10.0. The minimum Gasteiger partial charge on any atom is -0.312 e. The third-order valence-corrected chi connectivity index (χ3v) is 9.44. The van der Waals surface area contributed by atoms with Crippen molar-refractivity contribution in [2.75, 3.05) is 11.4 Å². The van der Waals surface area contributed by atoms with Gasteiger partial charge in [0.25, 0.3) is 0 Å². The van der Waals surface area contributed by atoms with E-state index in [1.165, 1.54) is 23.3 Å². The minimum absolute atomic E-state index is 0.0183. The number of fused-ring (bicyclic) bond motifs is 2. The average Bonchev–Trinajstić information content (AvgIpc) is 3.48. The molecule has 2 aliphatic carbocycles. The van der Waals surface area contributed by atoms with Crippen molar-refractivity contribution in [3.63, 3.8) is 0 Å². The second-order valence-electron chi connectivity index (χ2n) is 9.25. The zero-order valence-electron chi connectivity index (χ0n) is 18.1. The van der Waals surface area contributed by atoms with E-state index < -0.39 is 15.5 Å². The maximum absolute atomic E-state index is 14.7. The fraction of sp³-hybridized carbons (Fsp3) is 0.308. The summed E-state index contributed by atoms with van der Waals surface area (Å²) in [6.45, 7) is 0.492. The van der Waals surface area contributed by atoms with Gasteiger partial charge in [0.15, 0.2) is 0 Å². The Morgan fingerprint density at radius 3 is 2.64 bits per heavy atom. The third kappa shape index (κ3) is 3.46. The molecule has 1 N–H and O–H groups in total. The summed E-state index contributed by atoms with van der Waals surface area (Å²) in [5.74, 6) is -0.739. The molecule has 1 amide bonds. The van der Waals surface area contributed by atoms with Crippen molar-refractivity contribution < 1.29 is 13.4 Å². The van der Waals surface area contributed by atoms with Crippen LogP contribution in [0.3, 0.4) is 0 Å². The van der Waals surface area contributed by atoms with Gasteiger partial charge in [0.2, 0.25) is 5.91 Å². The maximum atomic E-state index is 14.7. The second-order valence-corrected chi connectivity index (χ2v) is 11.6. The van der Waals surface area contributed by atoms with Gasteiger partial charge in [-0.15, -0.1) is 0 Å². The van der Waals surface area contributed by atoms with Crippen LogP contribution in [0.25, 0.3) is 11.3 Å². The molecular formula is C26H24FN3O2S. The number of carbonyl (C=O) groups is 1. The van der Waals surface area contributed by atoms with Crippen LogP contribution in [-0.2, 0) is 33.8 Å². The number of carbonyl (C=O) groups excluding carboxylic acids is 1. The van der Waals surface area contributed by atoms with Crippen LogP contribution >= 0.6 is 0 Å². The van der Waals surface area contributed by atoms with Crippen LogP contribution in [-0.4, -0.2) is 26.9 Å². The van der Waals surface area contributed by atoms with Crippen LogP contribution in [0.15, 0.2) is 59.6 Å². The van der Waals surface area contributed by atoms with Crippen LogP contribution in [0, 0.1) is 16.5 Å². The minimum atomic E-state index is -3.18. The third-order valence-electron chi connectivity index (χ3n) is 7.06. The molecule has 0 unspecified atom stereocenters. The van der Waals surface area contributed by atoms with E-state index in [0.29, 0.717) is 44.3 Å². The highest BCUT2D eigenvalue weighted by Crippen LogP contribution is 2.40. The lowest BCUT2D eigenvalue weighted by Crippen LogP contribution is -2.35. The van der Waals surface area contributed by atoms with Gasteiger partial charge >= 0.3 is 0 Å². The molecule has 1 saturated carbocycles. The normalized spacial score (nSPS) is 20.9. The summed E-state index contributed by atoms with van der Waals surface area (Å²) in [4.78, 5) is 19.6. The van der Waals surface area contributed by atoms with Gasteiger partial charge in [0.05, 0.1) is 20.3 Å². The van der Waals surface area contributed by atoms with Crippen LogP contribution < -0.4 is 4.90 Å². The zero-order chi connectivity index (χ0) is 22.7. The predicted molar refractivity (Wildman–Crippen MR) is 125 cm³/mol. The average molecular weight is 462 g/mol. The van der Waals surface area contributed by atoms with Crippen LogP contribution in [0.4, 0.5) is 10.1 Å². The molecule has 0 radical (unpaired) electrons. The molecule has 3 aromatic rings. The molecule has 2 atom stereocenters. The Labute approximate surface area is 192 Å². The first-order valence-electron chi connectivity index (χ1n) is 11.4. The van der Waals surface area contributed by atoms with Gasteiger partial charge in [0, 0.05) is 35.2 Å². The number of halogens is 1. The number of aromatic nitrogens is 1. The van der Waals surface area contributed by atoms with Gasteiger partial charge in [-0.1, -0.05) is 18.2 Å². The maximum Gasteiger partial charge on any atom is 0.230 e. The predicted octanol–water partition coefficient (Wildman–Crippen LogP) is 4.76. The Hall–Kier alpha value is -3.06. The zero-order valence-corrected chi connectivity index (χ0v) is 18.9. The quantitative estimate of drug-likeness (QED) is 0.609. The van der Waals surface area contributed by atoms with E-state index in [-0.39, 0.29) is 22.0 Å². The Bertz CT molecular complexity index is 1380. The summed E-state index contributed by atoms with van der Waals surface area (Å²) >= 11 is 0.